The summed E-state index contributed by atoms with van der Waals surface area (Å²) in [6, 6.07) is 5.18. The van der Waals surface area contributed by atoms with Crippen molar-refractivity contribution in [1.29, 1.82) is 0 Å². The molecule has 0 heterocycles. The number of amides is 1. The van der Waals surface area contributed by atoms with Crippen LogP contribution in [0.3, 0.4) is 0 Å². The lowest BCUT2D eigenvalue weighted by Gasteiger charge is -2.21. The van der Waals surface area contributed by atoms with Crippen LogP contribution in [0, 0.1) is 12.7 Å². The lowest BCUT2D eigenvalue weighted by molar-refractivity contribution is -0.117. The molecule has 1 aromatic rings. The number of nitrogens with two attached hydrogens (primary N) is 1. The zero-order chi connectivity index (χ0) is 16.2. The summed E-state index contributed by atoms with van der Waals surface area (Å²) in [7, 11) is 1.65. The molecular weight excluding hydrogens is 271 g/mol. The Morgan fingerprint density at radius 1 is 1.43 bits per heavy atom. The van der Waals surface area contributed by atoms with Crippen molar-refractivity contribution in [2.45, 2.75) is 27.3 Å². The summed E-state index contributed by atoms with van der Waals surface area (Å²) in [6.45, 7) is 8.97. The number of benzene rings is 1. The lowest BCUT2D eigenvalue weighted by atomic mass is 10.1. The fourth-order valence-corrected chi connectivity index (χ4v) is 1.84. The monoisotopic (exact) mass is 292 g/mol. The van der Waals surface area contributed by atoms with E-state index in [0.29, 0.717) is 22.5 Å². The Labute approximate surface area is 124 Å². The van der Waals surface area contributed by atoms with Gasteiger partial charge >= 0.3 is 0 Å². The summed E-state index contributed by atoms with van der Waals surface area (Å²) in [5, 5.41) is 1.44. The molecule has 0 atom stereocenters. The Bertz CT molecular complexity index is 594. The molecule has 0 radical (unpaired) electrons. The number of hydroxylamine groups is 2. The van der Waals surface area contributed by atoms with Gasteiger partial charge < -0.3 is 10.6 Å². The molecular formula is C16H21FN2O2. The van der Waals surface area contributed by atoms with Crippen LogP contribution < -0.4 is 5.73 Å². The third-order valence-corrected chi connectivity index (χ3v) is 3.01. The molecule has 0 aliphatic heterocycles. The van der Waals surface area contributed by atoms with Crippen LogP contribution in [0.2, 0.25) is 0 Å². The van der Waals surface area contributed by atoms with Gasteiger partial charge in [0, 0.05) is 12.6 Å². The van der Waals surface area contributed by atoms with Gasteiger partial charge in [0.1, 0.15) is 5.82 Å². The van der Waals surface area contributed by atoms with Crippen LogP contribution in [-0.4, -0.2) is 18.0 Å². The van der Waals surface area contributed by atoms with Gasteiger partial charge in [0.25, 0.3) is 0 Å². The summed E-state index contributed by atoms with van der Waals surface area (Å²) in [5.41, 5.74) is 7.18. The predicted octanol–water partition coefficient (Wildman–Crippen LogP) is 2.83. The van der Waals surface area contributed by atoms with Gasteiger partial charge in [0.15, 0.2) is 5.76 Å². The van der Waals surface area contributed by atoms with E-state index in [1.54, 1.807) is 46.0 Å². The van der Waals surface area contributed by atoms with Gasteiger partial charge in [0.2, 0.25) is 5.91 Å². The Morgan fingerprint density at radius 3 is 2.57 bits per heavy atom. The minimum atomic E-state index is -0.580. The molecule has 0 aliphatic carbocycles. The molecule has 1 amide bonds. The first-order valence-corrected chi connectivity index (χ1v) is 6.53. The van der Waals surface area contributed by atoms with Crippen molar-refractivity contribution in [3.8, 4) is 0 Å². The van der Waals surface area contributed by atoms with Crippen molar-refractivity contribution in [3.63, 3.8) is 0 Å². The first-order valence-electron chi connectivity index (χ1n) is 6.53. The van der Waals surface area contributed by atoms with Crippen molar-refractivity contribution >= 4 is 5.91 Å². The van der Waals surface area contributed by atoms with Gasteiger partial charge in [-0.25, -0.2) is 4.39 Å². The molecule has 0 unspecified atom stereocenters. The van der Waals surface area contributed by atoms with E-state index >= 15 is 0 Å². The van der Waals surface area contributed by atoms with E-state index in [2.05, 4.69) is 6.58 Å². The van der Waals surface area contributed by atoms with Crippen LogP contribution in [0.15, 0.2) is 41.7 Å². The third kappa shape index (κ3) is 4.43. The van der Waals surface area contributed by atoms with Gasteiger partial charge in [-0.15, -0.1) is 5.06 Å². The molecule has 2 N–H and O–H groups in total. The predicted molar refractivity (Wildman–Crippen MR) is 80.4 cm³/mol. The van der Waals surface area contributed by atoms with Crippen LogP contribution in [0.1, 0.15) is 25.0 Å². The van der Waals surface area contributed by atoms with Crippen LogP contribution in [0.4, 0.5) is 4.39 Å². The largest absolute Gasteiger partial charge is 0.405 e. The number of hydrogen-bond acceptors (Lipinski definition) is 3. The maximum atomic E-state index is 14.0. The van der Waals surface area contributed by atoms with E-state index in [9.17, 15) is 9.18 Å². The maximum absolute atomic E-state index is 14.0. The summed E-state index contributed by atoms with van der Waals surface area (Å²) in [4.78, 5) is 16.8. The number of allylic oxidation sites excluding steroid dienone is 1. The second-order valence-electron chi connectivity index (χ2n) is 5.02. The topological polar surface area (TPSA) is 55.6 Å². The molecule has 5 heteroatoms. The Kier molecular flexibility index (Phi) is 5.67. The summed E-state index contributed by atoms with van der Waals surface area (Å²) < 4.78 is 14.0. The molecule has 0 bridgehead atoms. The highest BCUT2D eigenvalue weighted by Gasteiger charge is 2.15. The standard InChI is InChI=1S/C16H21FN2O2/c1-10(2)15(12(4)16(18)20)21-19(5)9-13-8-6-7-11(3)14(13)17/h6-8H,1,9H2,2-5H3,(H2,18,20)/b15-12+. The Hall–Kier alpha value is -2.14. The van der Waals surface area contributed by atoms with Crippen LogP contribution in [0.25, 0.3) is 0 Å². The average Bonchev–Trinajstić information content (AvgIpc) is 2.40. The van der Waals surface area contributed by atoms with Gasteiger partial charge in [-0.05, 0) is 31.9 Å². The number of rotatable bonds is 6. The first-order chi connectivity index (χ1) is 9.73. The summed E-state index contributed by atoms with van der Waals surface area (Å²) in [6.07, 6.45) is 0. The molecule has 0 aliphatic rings. The molecule has 21 heavy (non-hydrogen) atoms. The highest BCUT2D eigenvalue weighted by atomic mass is 19.1. The van der Waals surface area contributed by atoms with Gasteiger partial charge in [0.05, 0.1) is 12.1 Å². The number of hydrogen-bond donors (Lipinski definition) is 1. The second kappa shape index (κ2) is 7.04. The molecule has 0 saturated heterocycles. The Morgan fingerprint density at radius 2 is 2.05 bits per heavy atom. The second-order valence-corrected chi connectivity index (χ2v) is 5.02. The fraction of sp³-hybridized carbons (Fsp3) is 0.312. The fourth-order valence-electron chi connectivity index (χ4n) is 1.84. The highest BCUT2D eigenvalue weighted by molar-refractivity contribution is 5.92. The van der Waals surface area contributed by atoms with E-state index in [-0.39, 0.29) is 17.9 Å². The van der Waals surface area contributed by atoms with E-state index in [1.807, 2.05) is 0 Å². The zero-order valence-electron chi connectivity index (χ0n) is 12.9. The molecule has 0 saturated carbocycles. The first kappa shape index (κ1) is 16.9. The van der Waals surface area contributed by atoms with Crippen LogP contribution in [0.5, 0.6) is 0 Å². The van der Waals surface area contributed by atoms with E-state index in [1.165, 1.54) is 5.06 Å². The molecule has 0 spiro atoms. The highest BCUT2D eigenvalue weighted by Crippen LogP contribution is 2.19. The number of primary amides is 1. The van der Waals surface area contributed by atoms with Gasteiger partial charge in [-0.1, -0.05) is 24.8 Å². The minimum absolute atomic E-state index is 0.232. The Balaban J connectivity index is 2.92. The number of carbonyl (C=O) groups excluding carboxylic acids is 1. The SMILES string of the molecule is C=C(C)/C(ON(C)Cc1cccc(C)c1F)=C(/C)C(N)=O. The summed E-state index contributed by atoms with van der Waals surface area (Å²) in [5.74, 6) is -0.540. The maximum Gasteiger partial charge on any atom is 0.248 e. The van der Waals surface area contributed by atoms with Crippen molar-refractivity contribution < 1.29 is 14.0 Å². The normalized spacial score (nSPS) is 12.1. The minimum Gasteiger partial charge on any atom is -0.405 e. The van der Waals surface area contributed by atoms with Crippen molar-refractivity contribution in [2.24, 2.45) is 5.73 Å². The summed E-state index contributed by atoms with van der Waals surface area (Å²) >= 11 is 0. The number of carbonyl (C=O) groups is 1. The smallest absolute Gasteiger partial charge is 0.248 e. The van der Waals surface area contributed by atoms with E-state index in [4.69, 9.17) is 10.6 Å². The number of nitrogens with zero attached hydrogens (tertiary/aromatic N) is 1. The molecule has 114 valence electrons. The van der Waals surface area contributed by atoms with E-state index < -0.39 is 5.91 Å². The average molecular weight is 292 g/mol. The molecule has 1 rings (SSSR count). The molecule has 0 fully saturated rings. The van der Waals surface area contributed by atoms with Crippen molar-refractivity contribution in [2.75, 3.05) is 7.05 Å². The van der Waals surface area contributed by atoms with Crippen molar-refractivity contribution in [1.82, 2.24) is 5.06 Å². The number of aryl methyl sites for hydroxylation is 1. The van der Waals surface area contributed by atoms with Gasteiger partial charge in [-0.3, -0.25) is 4.79 Å². The van der Waals surface area contributed by atoms with E-state index in [0.717, 1.165) is 0 Å². The van der Waals surface area contributed by atoms with Crippen molar-refractivity contribution in [3.05, 3.63) is 58.6 Å². The van der Waals surface area contributed by atoms with Gasteiger partial charge in [-0.2, -0.15) is 0 Å². The molecule has 1 aromatic carbocycles. The van der Waals surface area contributed by atoms with Crippen LogP contribution >= 0.6 is 0 Å². The lowest BCUT2D eigenvalue weighted by Crippen LogP contribution is -2.22. The number of halogens is 1. The quantitative estimate of drug-likeness (QED) is 0.379. The molecule has 0 aromatic heterocycles. The third-order valence-electron chi connectivity index (χ3n) is 3.01. The molecule has 4 nitrogen and oxygen atoms in total. The zero-order valence-corrected chi connectivity index (χ0v) is 12.9. The van der Waals surface area contributed by atoms with Crippen LogP contribution in [-0.2, 0) is 16.2 Å².